The number of hydrogen-bond donors (Lipinski definition) is 0. The van der Waals surface area contributed by atoms with Crippen molar-refractivity contribution in [2.24, 2.45) is 0 Å². The van der Waals surface area contributed by atoms with Gasteiger partial charge in [0.25, 0.3) is 0 Å². The topological polar surface area (TPSA) is 23.6 Å². The molecule has 1 saturated heterocycles. The number of carbonyl (C=O) groups excluding carboxylic acids is 1. The molecule has 3 rings (SSSR count). The Labute approximate surface area is 138 Å². The molecule has 1 fully saturated rings. The highest BCUT2D eigenvalue weighted by atomic mass is 16.1. The maximum Gasteiger partial charge on any atom is 0.159 e. The van der Waals surface area contributed by atoms with Crippen molar-refractivity contribution < 1.29 is 4.79 Å². The number of ketones is 1. The van der Waals surface area contributed by atoms with Crippen LogP contribution in [-0.4, -0.2) is 36.9 Å². The van der Waals surface area contributed by atoms with Crippen molar-refractivity contribution in [3.63, 3.8) is 0 Å². The molecule has 3 nitrogen and oxygen atoms in total. The zero-order valence-corrected chi connectivity index (χ0v) is 14.0. The van der Waals surface area contributed by atoms with E-state index >= 15 is 0 Å². The van der Waals surface area contributed by atoms with Crippen molar-refractivity contribution in [3.8, 4) is 0 Å². The van der Waals surface area contributed by atoms with Crippen LogP contribution in [0.1, 0.15) is 28.4 Å². The second-order valence-corrected chi connectivity index (χ2v) is 6.29. The summed E-state index contributed by atoms with van der Waals surface area (Å²) in [5.74, 6) is 0.125. The second kappa shape index (κ2) is 6.97. The normalized spacial score (nSPS) is 15.7. The van der Waals surface area contributed by atoms with Crippen LogP contribution in [0, 0.1) is 6.92 Å². The summed E-state index contributed by atoms with van der Waals surface area (Å²) in [6.45, 7) is 9.04. The molecule has 0 spiro atoms. The minimum absolute atomic E-state index is 0.125. The Morgan fingerprint density at radius 3 is 2.22 bits per heavy atom. The van der Waals surface area contributed by atoms with E-state index in [9.17, 15) is 4.79 Å². The van der Waals surface area contributed by atoms with Gasteiger partial charge < -0.3 is 4.90 Å². The molecule has 1 aliphatic rings. The summed E-state index contributed by atoms with van der Waals surface area (Å²) in [7, 11) is 0. The Morgan fingerprint density at radius 2 is 1.61 bits per heavy atom. The molecule has 1 heterocycles. The summed E-state index contributed by atoms with van der Waals surface area (Å²) in [4.78, 5) is 16.3. The number of nitrogens with zero attached hydrogens (tertiary/aromatic N) is 2. The van der Waals surface area contributed by atoms with Crippen LogP contribution in [0.4, 0.5) is 5.69 Å². The molecule has 3 heteroatoms. The molecule has 23 heavy (non-hydrogen) atoms. The zero-order chi connectivity index (χ0) is 16.2. The van der Waals surface area contributed by atoms with Gasteiger partial charge in [-0.25, -0.2) is 0 Å². The van der Waals surface area contributed by atoms with Crippen molar-refractivity contribution >= 4 is 11.5 Å². The van der Waals surface area contributed by atoms with Gasteiger partial charge in [0.2, 0.25) is 0 Å². The predicted octanol–water partition coefficient (Wildman–Crippen LogP) is 3.52. The van der Waals surface area contributed by atoms with E-state index < -0.39 is 0 Å². The number of Topliss-reactive ketones (excluding diaryl/α,β-unsaturated/α-hetero) is 1. The lowest BCUT2D eigenvalue weighted by molar-refractivity contribution is 0.101. The Morgan fingerprint density at radius 1 is 0.957 bits per heavy atom. The molecule has 0 radical (unpaired) electrons. The standard InChI is InChI=1S/C20H24N2O/c1-16-5-3-4-6-19(16)15-21-11-13-22(14-12-21)20-9-7-18(8-10-20)17(2)23/h3-10H,11-15H2,1-2H3. The molecule has 0 amide bonds. The molecule has 0 aliphatic carbocycles. The van der Waals surface area contributed by atoms with Gasteiger partial charge in [-0.15, -0.1) is 0 Å². The van der Waals surface area contributed by atoms with Crippen molar-refractivity contribution in [1.82, 2.24) is 4.90 Å². The lowest BCUT2D eigenvalue weighted by Gasteiger charge is -2.36. The van der Waals surface area contributed by atoms with E-state index in [0.29, 0.717) is 0 Å². The van der Waals surface area contributed by atoms with Crippen LogP contribution < -0.4 is 4.90 Å². The summed E-state index contributed by atoms with van der Waals surface area (Å²) >= 11 is 0. The fourth-order valence-corrected chi connectivity index (χ4v) is 3.10. The van der Waals surface area contributed by atoms with Crippen molar-refractivity contribution in [2.75, 3.05) is 31.1 Å². The number of aryl methyl sites for hydroxylation is 1. The van der Waals surface area contributed by atoms with Gasteiger partial charge >= 0.3 is 0 Å². The molecule has 1 aliphatic heterocycles. The Bertz CT molecular complexity index is 670. The molecular formula is C20H24N2O. The third-order valence-corrected chi connectivity index (χ3v) is 4.67. The number of anilines is 1. The van der Waals surface area contributed by atoms with Crippen molar-refractivity contribution in [1.29, 1.82) is 0 Å². The molecule has 120 valence electrons. The largest absolute Gasteiger partial charge is 0.369 e. The van der Waals surface area contributed by atoms with Crippen LogP contribution in [0.3, 0.4) is 0 Å². The number of rotatable bonds is 4. The first-order valence-electron chi connectivity index (χ1n) is 8.26. The van der Waals surface area contributed by atoms with Gasteiger partial charge in [-0.1, -0.05) is 24.3 Å². The van der Waals surface area contributed by atoms with Gasteiger partial charge in [-0.3, -0.25) is 9.69 Å². The Balaban J connectivity index is 1.58. The highest BCUT2D eigenvalue weighted by Crippen LogP contribution is 2.19. The molecule has 0 atom stereocenters. The first kappa shape index (κ1) is 15.8. The zero-order valence-electron chi connectivity index (χ0n) is 14.0. The van der Waals surface area contributed by atoms with Crippen molar-refractivity contribution in [3.05, 3.63) is 65.2 Å². The highest BCUT2D eigenvalue weighted by molar-refractivity contribution is 5.94. The van der Waals surface area contributed by atoms with E-state index in [2.05, 4.69) is 53.1 Å². The van der Waals surface area contributed by atoms with E-state index in [0.717, 1.165) is 38.3 Å². The fraction of sp³-hybridized carbons (Fsp3) is 0.350. The van der Waals surface area contributed by atoms with Crippen LogP contribution in [0.2, 0.25) is 0 Å². The molecule has 0 N–H and O–H groups in total. The van der Waals surface area contributed by atoms with Crippen LogP contribution in [-0.2, 0) is 6.54 Å². The van der Waals surface area contributed by atoms with Gasteiger partial charge in [-0.2, -0.15) is 0 Å². The molecule has 2 aromatic carbocycles. The van der Waals surface area contributed by atoms with Gasteiger partial charge in [0, 0.05) is 44.0 Å². The van der Waals surface area contributed by atoms with E-state index in [1.807, 2.05) is 12.1 Å². The molecule has 0 saturated carbocycles. The monoisotopic (exact) mass is 308 g/mol. The van der Waals surface area contributed by atoms with E-state index in [1.54, 1.807) is 6.92 Å². The van der Waals surface area contributed by atoms with E-state index in [1.165, 1.54) is 16.8 Å². The summed E-state index contributed by atoms with van der Waals surface area (Å²) in [6, 6.07) is 16.6. The van der Waals surface area contributed by atoms with Gasteiger partial charge in [0.15, 0.2) is 5.78 Å². The smallest absolute Gasteiger partial charge is 0.159 e. The van der Waals surface area contributed by atoms with Crippen molar-refractivity contribution in [2.45, 2.75) is 20.4 Å². The number of carbonyl (C=O) groups is 1. The molecule has 0 bridgehead atoms. The summed E-state index contributed by atoms with van der Waals surface area (Å²) < 4.78 is 0. The molecular weight excluding hydrogens is 284 g/mol. The van der Waals surface area contributed by atoms with Crippen LogP contribution >= 0.6 is 0 Å². The average molecular weight is 308 g/mol. The predicted molar refractivity (Wildman–Crippen MR) is 95.1 cm³/mol. The average Bonchev–Trinajstić information content (AvgIpc) is 2.58. The molecule has 0 aromatic heterocycles. The molecule has 0 unspecified atom stereocenters. The minimum atomic E-state index is 0.125. The van der Waals surface area contributed by atoms with Crippen LogP contribution in [0.25, 0.3) is 0 Å². The lowest BCUT2D eigenvalue weighted by atomic mass is 10.1. The first-order valence-corrected chi connectivity index (χ1v) is 8.26. The third-order valence-electron chi connectivity index (χ3n) is 4.67. The van der Waals surface area contributed by atoms with Gasteiger partial charge in [0.1, 0.15) is 0 Å². The first-order chi connectivity index (χ1) is 11.1. The fourth-order valence-electron chi connectivity index (χ4n) is 3.10. The minimum Gasteiger partial charge on any atom is -0.369 e. The second-order valence-electron chi connectivity index (χ2n) is 6.29. The number of piperazine rings is 1. The van der Waals surface area contributed by atoms with E-state index in [-0.39, 0.29) is 5.78 Å². The molecule has 2 aromatic rings. The van der Waals surface area contributed by atoms with Gasteiger partial charge in [-0.05, 0) is 49.2 Å². The van der Waals surface area contributed by atoms with E-state index in [4.69, 9.17) is 0 Å². The van der Waals surface area contributed by atoms with Crippen LogP contribution in [0.5, 0.6) is 0 Å². The maximum atomic E-state index is 11.4. The summed E-state index contributed by atoms with van der Waals surface area (Å²) in [6.07, 6.45) is 0. The highest BCUT2D eigenvalue weighted by Gasteiger charge is 2.17. The maximum absolute atomic E-state index is 11.4. The van der Waals surface area contributed by atoms with Gasteiger partial charge in [0.05, 0.1) is 0 Å². The van der Waals surface area contributed by atoms with Crippen LogP contribution in [0.15, 0.2) is 48.5 Å². The summed E-state index contributed by atoms with van der Waals surface area (Å²) in [5, 5.41) is 0. The Hall–Kier alpha value is -2.13. The SMILES string of the molecule is CC(=O)c1ccc(N2CCN(Cc3ccccc3C)CC2)cc1. The number of hydrogen-bond acceptors (Lipinski definition) is 3. The number of benzene rings is 2. The lowest BCUT2D eigenvalue weighted by Crippen LogP contribution is -2.46. The third kappa shape index (κ3) is 3.80. The Kier molecular flexibility index (Phi) is 4.77. The quantitative estimate of drug-likeness (QED) is 0.808. The summed E-state index contributed by atoms with van der Waals surface area (Å²) in [5.41, 5.74) is 4.79.